The van der Waals surface area contributed by atoms with Gasteiger partial charge in [-0.2, -0.15) is 0 Å². The minimum atomic E-state index is 0.0755. The molecule has 3 atom stereocenters. The number of amides is 1. The monoisotopic (exact) mass is 318 g/mol. The summed E-state index contributed by atoms with van der Waals surface area (Å²) in [5.41, 5.74) is 0. The number of nitrogens with zero attached hydrogens (tertiary/aromatic N) is 1. The first-order valence-electron chi connectivity index (χ1n) is 8.97. The van der Waals surface area contributed by atoms with Crippen LogP contribution in [0.1, 0.15) is 37.9 Å². The van der Waals surface area contributed by atoms with E-state index >= 15 is 0 Å². The van der Waals surface area contributed by atoms with Crippen molar-refractivity contribution in [2.24, 2.45) is 11.8 Å². The second-order valence-corrected chi connectivity index (χ2v) is 7.13. The average molecular weight is 318 g/mol. The number of hydrogen-bond donors (Lipinski definition) is 1. The SMILES string of the molecule is O=C(NCc1ccco1)[C@@H]1CCO[C@@H]2CCN(C3CCC3)C[C@H]21. The van der Waals surface area contributed by atoms with Crippen molar-refractivity contribution < 1.29 is 13.9 Å². The normalized spacial score (nSPS) is 32.1. The van der Waals surface area contributed by atoms with E-state index in [0.29, 0.717) is 19.1 Å². The Hall–Kier alpha value is -1.33. The molecule has 1 aliphatic carbocycles. The van der Waals surface area contributed by atoms with Crippen molar-refractivity contribution in [3.05, 3.63) is 24.2 Å². The standard InChI is InChI=1S/C18H26N2O3/c21-18(19-11-14-5-2-9-22-14)15-7-10-23-17-6-8-20(12-16(15)17)13-3-1-4-13/h2,5,9,13,15-17H,1,3-4,6-8,10-12H2,(H,19,21)/t15-,16+,17-/m1/s1. The van der Waals surface area contributed by atoms with E-state index in [-0.39, 0.29) is 17.9 Å². The van der Waals surface area contributed by atoms with E-state index in [9.17, 15) is 4.79 Å². The highest BCUT2D eigenvalue weighted by Gasteiger charge is 2.43. The number of carbonyl (C=O) groups excluding carboxylic acids is 1. The number of hydrogen-bond acceptors (Lipinski definition) is 4. The molecule has 1 aromatic heterocycles. The lowest BCUT2D eigenvalue weighted by molar-refractivity contribution is -0.144. The number of likely N-dealkylation sites (tertiary alicyclic amines) is 1. The minimum absolute atomic E-state index is 0.0755. The van der Waals surface area contributed by atoms with Crippen LogP contribution in [0, 0.1) is 11.8 Å². The number of carbonyl (C=O) groups is 1. The molecule has 0 radical (unpaired) electrons. The number of piperidine rings is 1. The maximum atomic E-state index is 12.7. The first kappa shape index (κ1) is 15.2. The van der Waals surface area contributed by atoms with Gasteiger partial charge >= 0.3 is 0 Å². The van der Waals surface area contributed by atoms with E-state index in [1.54, 1.807) is 6.26 Å². The molecule has 4 rings (SSSR count). The van der Waals surface area contributed by atoms with Crippen LogP contribution in [0.3, 0.4) is 0 Å². The molecule has 2 saturated heterocycles. The van der Waals surface area contributed by atoms with E-state index in [1.165, 1.54) is 19.3 Å². The quantitative estimate of drug-likeness (QED) is 0.924. The van der Waals surface area contributed by atoms with E-state index in [2.05, 4.69) is 10.2 Å². The van der Waals surface area contributed by atoms with Crippen LogP contribution in [0.2, 0.25) is 0 Å². The van der Waals surface area contributed by atoms with Gasteiger partial charge in [0.2, 0.25) is 5.91 Å². The smallest absolute Gasteiger partial charge is 0.224 e. The highest BCUT2D eigenvalue weighted by atomic mass is 16.5. The third-order valence-corrected chi connectivity index (χ3v) is 5.85. The molecule has 1 saturated carbocycles. The maximum Gasteiger partial charge on any atom is 0.224 e. The predicted molar refractivity (Wildman–Crippen MR) is 85.7 cm³/mol. The molecule has 1 aromatic rings. The molecule has 3 aliphatic rings. The molecule has 5 heteroatoms. The fourth-order valence-electron chi connectivity index (χ4n) is 4.27. The molecule has 2 aliphatic heterocycles. The zero-order valence-corrected chi connectivity index (χ0v) is 13.6. The summed E-state index contributed by atoms with van der Waals surface area (Å²) in [6.07, 6.45) is 7.83. The van der Waals surface area contributed by atoms with Crippen molar-refractivity contribution in [3.63, 3.8) is 0 Å². The number of fused-ring (bicyclic) bond motifs is 1. The maximum absolute atomic E-state index is 12.7. The van der Waals surface area contributed by atoms with Crippen LogP contribution in [0.15, 0.2) is 22.8 Å². The number of nitrogens with one attached hydrogen (secondary N) is 1. The molecule has 126 valence electrons. The highest BCUT2D eigenvalue weighted by Crippen LogP contribution is 2.36. The summed E-state index contributed by atoms with van der Waals surface area (Å²) in [6.45, 7) is 3.34. The second kappa shape index (κ2) is 6.65. The number of ether oxygens (including phenoxy) is 1. The van der Waals surface area contributed by atoms with Gasteiger partial charge in [-0.05, 0) is 37.8 Å². The molecule has 3 fully saturated rings. The fourth-order valence-corrected chi connectivity index (χ4v) is 4.27. The summed E-state index contributed by atoms with van der Waals surface area (Å²) in [7, 11) is 0. The van der Waals surface area contributed by atoms with Crippen molar-refractivity contribution in [3.8, 4) is 0 Å². The van der Waals surface area contributed by atoms with Crippen molar-refractivity contribution in [1.29, 1.82) is 0 Å². The molecular weight excluding hydrogens is 292 g/mol. The van der Waals surface area contributed by atoms with Crippen LogP contribution < -0.4 is 5.32 Å². The minimum Gasteiger partial charge on any atom is -0.467 e. The number of furan rings is 1. The molecule has 5 nitrogen and oxygen atoms in total. The summed E-state index contributed by atoms with van der Waals surface area (Å²) in [5, 5.41) is 3.05. The summed E-state index contributed by atoms with van der Waals surface area (Å²) in [4.78, 5) is 15.3. The van der Waals surface area contributed by atoms with Crippen LogP contribution in [-0.2, 0) is 16.1 Å². The lowest BCUT2D eigenvalue weighted by atomic mass is 9.77. The van der Waals surface area contributed by atoms with Gasteiger partial charge in [-0.1, -0.05) is 6.42 Å². The zero-order chi connectivity index (χ0) is 15.6. The van der Waals surface area contributed by atoms with Crippen molar-refractivity contribution in [1.82, 2.24) is 10.2 Å². The topological polar surface area (TPSA) is 54.7 Å². The fraction of sp³-hybridized carbons (Fsp3) is 0.722. The van der Waals surface area contributed by atoms with E-state index in [0.717, 1.165) is 37.7 Å². The third kappa shape index (κ3) is 3.17. The molecule has 1 amide bonds. The van der Waals surface area contributed by atoms with Gasteiger partial charge in [-0.15, -0.1) is 0 Å². The lowest BCUT2D eigenvalue weighted by Gasteiger charge is -2.48. The Balaban J connectivity index is 1.38. The van der Waals surface area contributed by atoms with Gasteiger partial charge in [0.05, 0.1) is 18.9 Å². The third-order valence-electron chi connectivity index (χ3n) is 5.85. The van der Waals surface area contributed by atoms with Gasteiger partial charge in [0.25, 0.3) is 0 Å². The largest absolute Gasteiger partial charge is 0.467 e. The van der Waals surface area contributed by atoms with Crippen LogP contribution in [-0.4, -0.2) is 42.6 Å². The van der Waals surface area contributed by atoms with Gasteiger partial charge < -0.3 is 14.5 Å². The van der Waals surface area contributed by atoms with E-state index in [4.69, 9.17) is 9.15 Å². The Morgan fingerprint density at radius 1 is 1.30 bits per heavy atom. The first-order valence-corrected chi connectivity index (χ1v) is 8.97. The zero-order valence-electron chi connectivity index (χ0n) is 13.6. The average Bonchev–Trinajstić information content (AvgIpc) is 3.04. The molecule has 23 heavy (non-hydrogen) atoms. The molecular formula is C18H26N2O3. The highest BCUT2D eigenvalue weighted by molar-refractivity contribution is 5.79. The summed E-state index contributed by atoms with van der Waals surface area (Å²) in [6, 6.07) is 4.50. The Bertz CT molecular complexity index is 526. The molecule has 0 bridgehead atoms. The Morgan fingerprint density at radius 3 is 2.96 bits per heavy atom. The first-order chi connectivity index (χ1) is 11.3. The van der Waals surface area contributed by atoms with Crippen LogP contribution >= 0.6 is 0 Å². The van der Waals surface area contributed by atoms with E-state index < -0.39 is 0 Å². The molecule has 1 N–H and O–H groups in total. The molecule has 0 unspecified atom stereocenters. The molecule has 0 spiro atoms. The van der Waals surface area contributed by atoms with Crippen molar-refractivity contribution >= 4 is 5.91 Å². The lowest BCUT2D eigenvalue weighted by Crippen LogP contribution is -2.56. The summed E-state index contributed by atoms with van der Waals surface area (Å²) < 4.78 is 11.3. The van der Waals surface area contributed by atoms with Gasteiger partial charge in [0.1, 0.15) is 5.76 Å². The molecule has 3 heterocycles. The number of rotatable bonds is 4. The Morgan fingerprint density at radius 2 is 2.22 bits per heavy atom. The van der Waals surface area contributed by atoms with Crippen LogP contribution in [0.5, 0.6) is 0 Å². The summed E-state index contributed by atoms with van der Waals surface area (Å²) >= 11 is 0. The van der Waals surface area contributed by atoms with Crippen molar-refractivity contribution in [2.45, 2.75) is 50.8 Å². The summed E-state index contributed by atoms with van der Waals surface area (Å²) in [5.74, 6) is 1.39. The van der Waals surface area contributed by atoms with Gasteiger partial charge in [0.15, 0.2) is 0 Å². The van der Waals surface area contributed by atoms with Gasteiger partial charge in [-0.25, -0.2) is 0 Å². The van der Waals surface area contributed by atoms with Crippen LogP contribution in [0.4, 0.5) is 0 Å². The van der Waals surface area contributed by atoms with Gasteiger partial charge in [0, 0.05) is 37.6 Å². The van der Waals surface area contributed by atoms with E-state index in [1.807, 2.05) is 12.1 Å². The van der Waals surface area contributed by atoms with Crippen molar-refractivity contribution in [2.75, 3.05) is 19.7 Å². The predicted octanol–water partition coefficient (Wildman–Crippen LogP) is 2.18. The second-order valence-electron chi connectivity index (χ2n) is 7.13. The Kier molecular flexibility index (Phi) is 4.40. The Labute approximate surface area is 137 Å². The van der Waals surface area contributed by atoms with Crippen LogP contribution in [0.25, 0.3) is 0 Å². The molecule has 0 aromatic carbocycles. The van der Waals surface area contributed by atoms with Gasteiger partial charge in [-0.3, -0.25) is 9.69 Å².